The highest BCUT2D eigenvalue weighted by molar-refractivity contribution is 5.68. The molecule has 2 aliphatic heterocycles. The number of carbonyl (C=O) groups excluding carboxylic acids is 1. The molecule has 0 aromatic carbocycles. The van der Waals surface area contributed by atoms with Gasteiger partial charge in [-0.25, -0.2) is 4.79 Å². The molecule has 0 spiro atoms. The predicted octanol–water partition coefficient (Wildman–Crippen LogP) is 2.11. The zero-order valence-electron chi connectivity index (χ0n) is 14.7. The smallest absolute Gasteiger partial charge is 0.410 e. The minimum Gasteiger partial charge on any atom is -0.444 e. The van der Waals surface area contributed by atoms with E-state index < -0.39 is 11.2 Å². The van der Waals surface area contributed by atoms with Gasteiger partial charge in [0.25, 0.3) is 0 Å². The Hall–Kier alpha value is -1.53. The summed E-state index contributed by atoms with van der Waals surface area (Å²) in [5.74, 6) is 0. The normalized spacial score (nSPS) is 24.4. The molecule has 0 aliphatic carbocycles. The minimum atomic E-state index is -0.915. The molecule has 23 heavy (non-hydrogen) atoms. The number of amides is 1. The lowest BCUT2D eigenvalue weighted by molar-refractivity contribution is -0.0146. The van der Waals surface area contributed by atoms with E-state index in [1.165, 1.54) is 0 Å². The van der Waals surface area contributed by atoms with Crippen LogP contribution in [0.1, 0.15) is 33.6 Å². The Morgan fingerprint density at radius 3 is 2.43 bits per heavy atom. The van der Waals surface area contributed by atoms with Gasteiger partial charge in [0.1, 0.15) is 11.8 Å². The molecule has 0 bridgehead atoms. The fourth-order valence-electron chi connectivity index (χ4n) is 2.85. The van der Waals surface area contributed by atoms with Crippen LogP contribution in [0.2, 0.25) is 0 Å². The molecule has 2 aliphatic rings. The van der Waals surface area contributed by atoms with Gasteiger partial charge in [-0.2, -0.15) is 0 Å². The van der Waals surface area contributed by atoms with Crippen LogP contribution >= 0.6 is 0 Å². The number of hydrogen-bond donors (Lipinski definition) is 1. The molecule has 1 fully saturated rings. The summed E-state index contributed by atoms with van der Waals surface area (Å²) in [7, 11) is 3.56. The first-order valence-corrected chi connectivity index (χ1v) is 8.00. The molecule has 1 unspecified atom stereocenters. The number of rotatable bonds is 2. The van der Waals surface area contributed by atoms with Gasteiger partial charge in [-0.05, 0) is 45.3 Å². The summed E-state index contributed by atoms with van der Waals surface area (Å²) in [5.41, 5.74) is -0.559. The van der Waals surface area contributed by atoms with E-state index in [4.69, 9.17) is 9.47 Å². The molecule has 6 heteroatoms. The third-order valence-electron chi connectivity index (χ3n) is 4.21. The standard InChI is InChI=1S/C17H28N2O4/c1-16(2,3)23-15(20)19-10-8-17(21,9-11-19)13-6-7-14(22-5)18(4)12-13/h6-7,12,14,21H,8-11H2,1-5H3. The molecular weight excluding hydrogens is 296 g/mol. The Morgan fingerprint density at radius 1 is 1.35 bits per heavy atom. The maximum absolute atomic E-state index is 12.1. The number of hydrogen-bond acceptors (Lipinski definition) is 5. The molecule has 2 heterocycles. The van der Waals surface area contributed by atoms with Crippen molar-refractivity contribution < 1.29 is 19.4 Å². The van der Waals surface area contributed by atoms with Crippen molar-refractivity contribution in [2.75, 3.05) is 27.2 Å². The van der Waals surface area contributed by atoms with Crippen LogP contribution in [0.3, 0.4) is 0 Å². The fraction of sp³-hybridized carbons (Fsp3) is 0.706. The third kappa shape index (κ3) is 4.26. The summed E-state index contributed by atoms with van der Waals surface area (Å²) in [6, 6.07) is 0. The van der Waals surface area contributed by atoms with E-state index in [-0.39, 0.29) is 12.3 Å². The SMILES string of the molecule is COC1C=CC(C2(O)CCN(C(=O)OC(C)(C)C)CC2)=CN1C. The van der Waals surface area contributed by atoms with Crippen molar-refractivity contribution in [3.63, 3.8) is 0 Å². The van der Waals surface area contributed by atoms with Crippen LogP contribution in [0.15, 0.2) is 23.9 Å². The zero-order valence-corrected chi connectivity index (χ0v) is 14.7. The van der Waals surface area contributed by atoms with E-state index in [9.17, 15) is 9.90 Å². The fourth-order valence-corrected chi connectivity index (χ4v) is 2.85. The van der Waals surface area contributed by atoms with Crippen LogP contribution in [0.5, 0.6) is 0 Å². The Bertz CT molecular complexity index is 499. The van der Waals surface area contributed by atoms with E-state index in [0.717, 1.165) is 5.57 Å². The van der Waals surface area contributed by atoms with E-state index in [2.05, 4.69) is 0 Å². The molecule has 6 nitrogen and oxygen atoms in total. The molecule has 2 rings (SSSR count). The number of ether oxygens (including phenoxy) is 2. The number of carbonyl (C=O) groups is 1. The lowest BCUT2D eigenvalue weighted by Crippen LogP contribution is -2.49. The second-order valence-electron chi connectivity index (χ2n) is 7.23. The molecule has 0 radical (unpaired) electrons. The van der Waals surface area contributed by atoms with Gasteiger partial charge in [0.15, 0.2) is 0 Å². The van der Waals surface area contributed by atoms with Crippen molar-refractivity contribution in [2.45, 2.75) is 51.0 Å². The topological polar surface area (TPSA) is 62.2 Å². The second kappa shape index (κ2) is 6.53. The molecule has 1 N–H and O–H groups in total. The van der Waals surface area contributed by atoms with Crippen molar-refractivity contribution >= 4 is 6.09 Å². The molecule has 1 amide bonds. The van der Waals surface area contributed by atoms with Crippen LogP contribution < -0.4 is 0 Å². The maximum Gasteiger partial charge on any atom is 0.410 e. The number of nitrogens with zero attached hydrogens (tertiary/aromatic N) is 2. The number of likely N-dealkylation sites (tertiary alicyclic amines) is 1. The van der Waals surface area contributed by atoms with Crippen molar-refractivity contribution in [2.24, 2.45) is 0 Å². The lowest BCUT2D eigenvalue weighted by atomic mass is 9.83. The van der Waals surface area contributed by atoms with Crippen LogP contribution in [-0.4, -0.2) is 65.7 Å². The van der Waals surface area contributed by atoms with Crippen LogP contribution in [-0.2, 0) is 9.47 Å². The summed E-state index contributed by atoms with van der Waals surface area (Å²) in [6.45, 7) is 6.52. The van der Waals surface area contributed by atoms with Gasteiger partial charge < -0.3 is 24.4 Å². The van der Waals surface area contributed by atoms with Crippen LogP contribution in [0.4, 0.5) is 4.79 Å². The van der Waals surface area contributed by atoms with Crippen molar-refractivity contribution in [3.05, 3.63) is 23.9 Å². The highest BCUT2D eigenvalue weighted by Gasteiger charge is 2.38. The van der Waals surface area contributed by atoms with Crippen LogP contribution in [0.25, 0.3) is 0 Å². The average Bonchev–Trinajstić information content (AvgIpc) is 2.46. The van der Waals surface area contributed by atoms with Gasteiger partial charge in [-0.15, -0.1) is 0 Å². The molecular formula is C17H28N2O4. The molecule has 0 saturated carbocycles. The molecule has 0 aromatic heterocycles. The lowest BCUT2D eigenvalue weighted by Gasteiger charge is -2.41. The van der Waals surface area contributed by atoms with E-state index in [0.29, 0.717) is 25.9 Å². The van der Waals surface area contributed by atoms with E-state index >= 15 is 0 Å². The highest BCUT2D eigenvalue weighted by atomic mass is 16.6. The van der Waals surface area contributed by atoms with Crippen LogP contribution in [0, 0.1) is 0 Å². The van der Waals surface area contributed by atoms with Crippen molar-refractivity contribution in [1.29, 1.82) is 0 Å². The first-order valence-electron chi connectivity index (χ1n) is 8.00. The monoisotopic (exact) mass is 324 g/mol. The van der Waals surface area contributed by atoms with E-state index in [1.54, 1.807) is 12.0 Å². The zero-order chi connectivity index (χ0) is 17.3. The molecule has 130 valence electrons. The average molecular weight is 324 g/mol. The predicted molar refractivity (Wildman–Crippen MR) is 87.8 cm³/mol. The first kappa shape index (κ1) is 17.8. The van der Waals surface area contributed by atoms with E-state index in [1.807, 2.05) is 51.1 Å². The molecule has 0 aromatic rings. The summed E-state index contributed by atoms with van der Waals surface area (Å²) >= 11 is 0. The minimum absolute atomic E-state index is 0.107. The van der Waals surface area contributed by atoms with Gasteiger partial charge in [-0.3, -0.25) is 0 Å². The summed E-state index contributed by atoms with van der Waals surface area (Å²) < 4.78 is 10.7. The summed E-state index contributed by atoms with van der Waals surface area (Å²) in [5, 5.41) is 10.9. The van der Waals surface area contributed by atoms with Crippen molar-refractivity contribution in [1.82, 2.24) is 9.80 Å². The van der Waals surface area contributed by atoms with Crippen molar-refractivity contribution in [3.8, 4) is 0 Å². The number of methoxy groups -OCH3 is 1. The second-order valence-corrected chi connectivity index (χ2v) is 7.23. The Balaban J connectivity index is 1.98. The van der Waals surface area contributed by atoms with Gasteiger partial charge in [-0.1, -0.05) is 6.08 Å². The third-order valence-corrected chi connectivity index (χ3v) is 4.21. The first-order chi connectivity index (χ1) is 10.6. The molecule has 1 saturated heterocycles. The summed E-state index contributed by atoms with van der Waals surface area (Å²) in [4.78, 5) is 15.7. The number of aliphatic hydroxyl groups is 1. The summed E-state index contributed by atoms with van der Waals surface area (Å²) in [6.07, 6.45) is 6.32. The largest absolute Gasteiger partial charge is 0.444 e. The Labute approximate surface area is 138 Å². The maximum atomic E-state index is 12.1. The number of piperidine rings is 1. The quantitative estimate of drug-likeness (QED) is 0.843. The van der Waals surface area contributed by atoms with Gasteiger partial charge in [0, 0.05) is 33.4 Å². The Morgan fingerprint density at radius 2 is 1.96 bits per heavy atom. The van der Waals surface area contributed by atoms with Gasteiger partial charge in [0.05, 0.1) is 5.60 Å². The number of likely N-dealkylation sites (N-methyl/N-ethyl adjacent to an activating group) is 1. The van der Waals surface area contributed by atoms with Gasteiger partial charge >= 0.3 is 6.09 Å². The Kier molecular flexibility index (Phi) is 5.06. The van der Waals surface area contributed by atoms with Gasteiger partial charge in [0.2, 0.25) is 0 Å². The molecule has 1 atom stereocenters. The highest BCUT2D eigenvalue weighted by Crippen LogP contribution is 2.33.